The molecule has 1 amide bonds. The first-order valence-corrected chi connectivity index (χ1v) is 8.97. The first kappa shape index (κ1) is 22.1. The van der Waals surface area contributed by atoms with Crippen LogP contribution in [0.3, 0.4) is 0 Å². The summed E-state index contributed by atoms with van der Waals surface area (Å²) in [5.41, 5.74) is 4.87. The van der Waals surface area contributed by atoms with Crippen LogP contribution in [0.5, 0.6) is 0 Å². The number of nitrogens with two attached hydrogens (primary N) is 1. The summed E-state index contributed by atoms with van der Waals surface area (Å²) >= 11 is 0. The fourth-order valence-electron chi connectivity index (χ4n) is 2.66. The van der Waals surface area contributed by atoms with Crippen LogP contribution in [0.4, 0.5) is 4.79 Å². The number of hydrogen-bond acceptors (Lipinski definition) is 7. The maximum atomic E-state index is 11.3. The van der Waals surface area contributed by atoms with Crippen LogP contribution in [-0.2, 0) is 14.2 Å². The van der Waals surface area contributed by atoms with E-state index < -0.39 is 11.7 Å². The van der Waals surface area contributed by atoms with Gasteiger partial charge in [-0.05, 0) is 46.5 Å². The zero-order valence-electron chi connectivity index (χ0n) is 15.6. The van der Waals surface area contributed by atoms with Crippen LogP contribution in [0.1, 0.15) is 46.5 Å². The Morgan fingerprint density at radius 2 is 1.52 bits per heavy atom. The van der Waals surface area contributed by atoms with Gasteiger partial charge in [0.05, 0.1) is 37.6 Å². The molecule has 0 aliphatic carbocycles. The predicted octanol–water partition coefficient (Wildman–Crippen LogP) is 0.536. The molecule has 2 aliphatic rings. The summed E-state index contributed by atoms with van der Waals surface area (Å²) in [5, 5.41) is 20.1. The Bertz CT molecular complexity index is 378. The Labute approximate surface area is 150 Å². The van der Waals surface area contributed by atoms with Gasteiger partial charge in [-0.3, -0.25) is 0 Å². The number of ether oxygens (including phenoxy) is 3. The van der Waals surface area contributed by atoms with E-state index in [4.69, 9.17) is 30.2 Å². The molecule has 148 valence electrons. The Kier molecular flexibility index (Phi) is 9.66. The van der Waals surface area contributed by atoms with Crippen LogP contribution < -0.4 is 11.1 Å². The summed E-state index contributed by atoms with van der Waals surface area (Å²) in [4.78, 5) is 11.3. The molecule has 2 heterocycles. The number of rotatable bonds is 5. The molecule has 4 atom stereocenters. The van der Waals surface area contributed by atoms with E-state index >= 15 is 0 Å². The van der Waals surface area contributed by atoms with Crippen molar-refractivity contribution in [3.63, 3.8) is 0 Å². The molecule has 0 aromatic carbocycles. The number of aliphatic hydroxyl groups excluding tert-OH is 2. The fourth-order valence-corrected chi connectivity index (χ4v) is 2.66. The van der Waals surface area contributed by atoms with Gasteiger partial charge in [0, 0.05) is 13.1 Å². The lowest BCUT2D eigenvalue weighted by atomic mass is 10.2. The van der Waals surface area contributed by atoms with Crippen LogP contribution in [0.15, 0.2) is 0 Å². The molecular formula is C17H34N2O6. The van der Waals surface area contributed by atoms with Gasteiger partial charge in [-0.1, -0.05) is 0 Å². The molecule has 0 radical (unpaired) electrons. The Morgan fingerprint density at radius 1 is 1.04 bits per heavy atom. The minimum Gasteiger partial charge on any atom is -0.444 e. The lowest BCUT2D eigenvalue weighted by Crippen LogP contribution is -2.37. The first-order valence-electron chi connectivity index (χ1n) is 8.97. The summed E-state index contributed by atoms with van der Waals surface area (Å²) in [6.07, 6.45) is 3.40. The normalized spacial score (nSPS) is 29.0. The van der Waals surface area contributed by atoms with Crippen molar-refractivity contribution in [2.24, 2.45) is 5.73 Å². The van der Waals surface area contributed by atoms with Crippen LogP contribution in [0.2, 0.25) is 0 Å². The third-order valence-electron chi connectivity index (χ3n) is 3.93. The number of carbonyl (C=O) groups is 1. The molecule has 0 aromatic heterocycles. The van der Waals surface area contributed by atoms with Crippen LogP contribution in [0.25, 0.3) is 0 Å². The van der Waals surface area contributed by atoms with E-state index in [1.54, 1.807) is 0 Å². The number of alkyl carbamates (subject to hydrolysis) is 1. The first-order chi connectivity index (χ1) is 11.8. The van der Waals surface area contributed by atoms with Crippen molar-refractivity contribution in [1.29, 1.82) is 0 Å². The van der Waals surface area contributed by atoms with Gasteiger partial charge in [-0.15, -0.1) is 0 Å². The second kappa shape index (κ2) is 10.9. The quantitative estimate of drug-likeness (QED) is 0.563. The standard InChI is InChI=1S/C11H21NO4.C6H13NO2/c1-11(2,3)16-10(14)12-6-8-4-5-9(7-13)15-8;7-3-5-1-2-6(4-8)9-5/h8-9,13H,4-7H2,1-3H3,(H,12,14);5-6,8H,1-4,7H2. The smallest absolute Gasteiger partial charge is 0.407 e. The molecule has 2 saturated heterocycles. The monoisotopic (exact) mass is 362 g/mol. The highest BCUT2D eigenvalue weighted by Gasteiger charge is 2.25. The van der Waals surface area contributed by atoms with Gasteiger partial charge < -0.3 is 35.5 Å². The van der Waals surface area contributed by atoms with Gasteiger partial charge in [0.25, 0.3) is 0 Å². The maximum absolute atomic E-state index is 11.3. The second-order valence-corrected chi connectivity index (χ2v) is 7.40. The Hall–Kier alpha value is -0.930. The Balaban J connectivity index is 0.000000293. The molecular weight excluding hydrogens is 328 g/mol. The van der Waals surface area contributed by atoms with E-state index in [1.165, 1.54) is 0 Å². The molecule has 2 fully saturated rings. The predicted molar refractivity (Wildman–Crippen MR) is 93.3 cm³/mol. The molecule has 0 bridgehead atoms. The molecule has 8 nitrogen and oxygen atoms in total. The second-order valence-electron chi connectivity index (χ2n) is 7.40. The van der Waals surface area contributed by atoms with Crippen molar-refractivity contribution in [2.75, 3.05) is 26.3 Å². The number of hydrogen-bond donors (Lipinski definition) is 4. The average Bonchev–Trinajstić information content (AvgIpc) is 3.20. The summed E-state index contributed by atoms with van der Waals surface area (Å²) in [5.74, 6) is 0. The van der Waals surface area contributed by atoms with Gasteiger partial charge in [0.2, 0.25) is 0 Å². The van der Waals surface area contributed by atoms with Crippen LogP contribution in [-0.4, -0.2) is 72.6 Å². The zero-order chi connectivity index (χ0) is 18.9. The van der Waals surface area contributed by atoms with E-state index in [9.17, 15) is 4.79 Å². The van der Waals surface area contributed by atoms with Crippen molar-refractivity contribution >= 4 is 6.09 Å². The van der Waals surface area contributed by atoms with Gasteiger partial charge in [0.15, 0.2) is 0 Å². The molecule has 8 heteroatoms. The molecule has 0 aromatic rings. The number of amides is 1. The highest BCUT2D eigenvalue weighted by atomic mass is 16.6. The number of carbonyl (C=O) groups excluding carboxylic acids is 1. The van der Waals surface area contributed by atoms with Crippen molar-refractivity contribution in [1.82, 2.24) is 5.32 Å². The van der Waals surface area contributed by atoms with Crippen LogP contribution in [0, 0.1) is 0 Å². The van der Waals surface area contributed by atoms with Crippen molar-refractivity contribution in [2.45, 2.75) is 76.5 Å². The molecule has 4 unspecified atom stereocenters. The van der Waals surface area contributed by atoms with Crippen molar-refractivity contribution in [3.05, 3.63) is 0 Å². The van der Waals surface area contributed by atoms with Gasteiger partial charge in [-0.2, -0.15) is 0 Å². The summed E-state index contributed by atoms with van der Waals surface area (Å²) in [6, 6.07) is 0. The van der Waals surface area contributed by atoms with E-state index in [1.807, 2.05) is 20.8 Å². The van der Waals surface area contributed by atoms with Crippen molar-refractivity contribution < 1.29 is 29.2 Å². The third kappa shape index (κ3) is 9.37. The lowest BCUT2D eigenvalue weighted by Gasteiger charge is -2.20. The third-order valence-corrected chi connectivity index (χ3v) is 3.93. The summed E-state index contributed by atoms with van der Waals surface area (Å²) in [7, 11) is 0. The number of nitrogens with one attached hydrogen (secondary N) is 1. The Morgan fingerprint density at radius 3 is 1.92 bits per heavy atom. The molecule has 25 heavy (non-hydrogen) atoms. The van der Waals surface area contributed by atoms with Gasteiger partial charge in [0.1, 0.15) is 5.60 Å². The fraction of sp³-hybridized carbons (Fsp3) is 0.941. The molecule has 2 rings (SSSR count). The summed E-state index contributed by atoms with van der Waals surface area (Å²) < 4.78 is 15.9. The van der Waals surface area contributed by atoms with Gasteiger partial charge >= 0.3 is 6.09 Å². The molecule has 5 N–H and O–H groups in total. The SMILES string of the molecule is CC(C)(C)OC(=O)NCC1CCC(CO)O1.NCC1CCC(CO)O1. The maximum Gasteiger partial charge on any atom is 0.407 e. The summed E-state index contributed by atoms with van der Waals surface area (Å²) in [6.45, 7) is 6.66. The number of aliphatic hydroxyl groups is 2. The van der Waals surface area contributed by atoms with Gasteiger partial charge in [-0.25, -0.2) is 4.79 Å². The highest BCUT2D eigenvalue weighted by molar-refractivity contribution is 5.67. The molecule has 0 spiro atoms. The minimum atomic E-state index is -0.478. The van der Waals surface area contributed by atoms with Crippen molar-refractivity contribution in [3.8, 4) is 0 Å². The zero-order valence-corrected chi connectivity index (χ0v) is 15.6. The lowest BCUT2D eigenvalue weighted by molar-refractivity contribution is 0.00868. The topological polar surface area (TPSA) is 123 Å². The highest BCUT2D eigenvalue weighted by Crippen LogP contribution is 2.19. The van der Waals surface area contributed by atoms with Crippen LogP contribution >= 0.6 is 0 Å². The van der Waals surface area contributed by atoms with E-state index in [-0.39, 0.29) is 37.6 Å². The van der Waals surface area contributed by atoms with E-state index in [2.05, 4.69) is 5.32 Å². The molecule has 2 aliphatic heterocycles. The molecule has 0 saturated carbocycles. The van der Waals surface area contributed by atoms with E-state index in [0.29, 0.717) is 13.1 Å². The van der Waals surface area contributed by atoms with E-state index in [0.717, 1.165) is 25.7 Å². The largest absolute Gasteiger partial charge is 0.444 e. The average molecular weight is 362 g/mol. The minimum absolute atomic E-state index is 0.00957.